The minimum atomic E-state index is -0.339. The van der Waals surface area contributed by atoms with E-state index in [0.717, 1.165) is 18.5 Å². The normalized spacial score (nSPS) is 12.6. The SMILES string of the molecule is CC[C@H](O)CN(Cc1ccccc1)Cc1ccc(F)cc1. The molecule has 0 aliphatic rings. The predicted octanol–water partition coefficient (Wildman–Crippen LogP) is 3.60. The molecule has 3 heteroatoms. The predicted molar refractivity (Wildman–Crippen MR) is 83.3 cm³/mol. The van der Waals surface area contributed by atoms with Crippen LogP contribution in [-0.4, -0.2) is 22.7 Å². The maximum absolute atomic E-state index is 13.0. The zero-order chi connectivity index (χ0) is 15.1. The molecule has 0 amide bonds. The van der Waals surface area contributed by atoms with Crippen LogP contribution in [0.3, 0.4) is 0 Å². The van der Waals surface area contributed by atoms with Gasteiger partial charge < -0.3 is 5.11 Å². The van der Waals surface area contributed by atoms with E-state index in [1.807, 2.05) is 25.1 Å². The Morgan fingerprint density at radius 2 is 1.52 bits per heavy atom. The topological polar surface area (TPSA) is 23.5 Å². The fraction of sp³-hybridized carbons (Fsp3) is 0.333. The van der Waals surface area contributed by atoms with Gasteiger partial charge >= 0.3 is 0 Å². The van der Waals surface area contributed by atoms with Crippen molar-refractivity contribution < 1.29 is 9.50 Å². The minimum Gasteiger partial charge on any atom is -0.392 e. The van der Waals surface area contributed by atoms with Gasteiger partial charge in [0.2, 0.25) is 0 Å². The van der Waals surface area contributed by atoms with Crippen LogP contribution < -0.4 is 0 Å². The van der Waals surface area contributed by atoms with Crippen molar-refractivity contribution in [1.29, 1.82) is 0 Å². The quantitative estimate of drug-likeness (QED) is 0.841. The smallest absolute Gasteiger partial charge is 0.123 e. The molecule has 0 aromatic heterocycles. The van der Waals surface area contributed by atoms with Gasteiger partial charge in [0.05, 0.1) is 6.10 Å². The van der Waals surface area contributed by atoms with E-state index in [9.17, 15) is 9.50 Å². The first-order valence-corrected chi connectivity index (χ1v) is 7.36. The third-order valence-corrected chi connectivity index (χ3v) is 3.51. The number of benzene rings is 2. The fourth-order valence-electron chi connectivity index (χ4n) is 2.30. The third-order valence-electron chi connectivity index (χ3n) is 3.51. The lowest BCUT2D eigenvalue weighted by Crippen LogP contribution is -2.31. The Labute approximate surface area is 125 Å². The molecule has 2 aromatic rings. The van der Waals surface area contributed by atoms with E-state index in [1.54, 1.807) is 12.1 Å². The van der Waals surface area contributed by atoms with Crippen LogP contribution >= 0.6 is 0 Å². The Kier molecular flexibility index (Phi) is 5.90. The maximum atomic E-state index is 13.0. The molecule has 2 aromatic carbocycles. The van der Waals surface area contributed by atoms with Crippen molar-refractivity contribution in [1.82, 2.24) is 4.90 Å². The molecule has 0 aliphatic heterocycles. The van der Waals surface area contributed by atoms with Crippen molar-refractivity contribution in [3.63, 3.8) is 0 Å². The molecule has 0 aliphatic carbocycles. The Balaban J connectivity index is 2.06. The molecule has 0 radical (unpaired) electrons. The zero-order valence-electron chi connectivity index (χ0n) is 12.4. The summed E-state index contributed by atoms with van der Waals surface area (Å²) in [5, 5.41) is 9.93. The number of rotatable bonds is 7. The highest BCUT2D eigenvalue weighted by Crippen LogP contribution is 2.12. The lowest BCUT2D eigenvalue weighted by Gasteiger charge is -2.25. The third kappa shape index (κ3) is 5.29. The van der Waals surface area contributed by atoms with Gasteiger partial charge in [-0.3, -0.25) is 4.90 Å². The summed E-state index contributed by atoms with van der Waals surface area (Å²) < 4.78 is 13.0. The Morgan fingerprint density at radius 1 is 0.952 bits per heavy atom. The van der Waals surface area contributed by atoms with Gasteiger partial charge in [0.15, 0.2) is 0 Å². The van der Waals surface area contributed by atoms with Crippen LogP contribution in [0.15, 0.2) is 54.6 Å². The standard InChI is InChI=1S/C18H22FNO/c1-2-18(21)14-20(12-15-6-4-3-5-7-15)13-16-8-10-17(19)11-9-16/h3-11,18,21H,2,12-14H2,1H3/t18-/m0/s1. The summed E-state index contributed by atoms with van der Waals surface area (Å²) >= 11 is 0. The molecule has 2 nitrogen and oxygen atoms in total. The molecule has 1 N–H and O–H groups in total. The van der Waals surface area contributed by atoms with Gasteiger partial charge in [-0.1, -0.05) is 49.4 Å². The lowest BCUT2D eigenvalue weighted by atomic mass is 10.1. The molecule has 2 rings (SSSR count). The second-order valence-corrected chi connectivity index (χ2v) is 5.34. The second-order valence-electron chi connectivity index (χ2n) is 5.34. The van der Waals surface area contributed by atoms with E-state index in [2.05, 4.69) is 17.0 Å². The van der Waals surface area contributed by atoms with Crippen molar-refractivity contribution in [2.45, 2.75) is 32.5 Å². The molecular weight excluding hydrogens is 265 g/mol. The van der Waals surface area contributed by atoms with Gasteiger partial charge in [-0.25, -0.2) is 4.39 Å². The average molecular weight is 287 g/mol. The number of aliphatic hydroxyl groups excluding tert-OH is 1. The first-order chi connectivity index (χ1) is 10.2. The fourth-order valence-corrected chi connectivity index (χ4v) is 2.30. The Hall–Kier alpha value is -1.71. The van der Waals surface area contributed by atoms with Gasteiger partial charge in [0.25, 0.3) is 0 Å². The second kappa shape index (κ2) is 7.91. The monoisotopic (exact) mass is 287 g/mol. The molecule has 21 heavy (non-hydrogen) atoms. The highest BCUT2D eigenvalue weighted by atomic mass is 19.1. The average Bonchev–Trinajstić information content (AvgIpc) is 2.50. The molecule has 1 atom stereocenters. The van der Waals surface area contributed by atoms with Gasteiger partial charge in [-0.05, 0) is 29.7 Å². The highest BCUT2D eigenvalue weighted by molar-refractivity contribution is 5.17. The number of hydrogen-bond acceptors (Lipinski definition) is 2. The van der Waals surface area contributed by atoms with E-state index in [-0.39, 0.29) is 11.9 Å². The minimum absolute atomic E-state index is 0.220. The summed E-state index contributed by atoms with van der Waals surface area (Å²) in [5.74, 6) is -0.220. The van der Waals surface area contributed by atoms with Crippen molar-refractivity contribution >= 4 is 0 Å². The molecule has 0 saturated heterocycles. The van der Waals surface area contributed by atoms with Gasteiger partial charge in [0, 0.05) is 19.6 Å². The molecule has 0 heterocycles. The number of nitrogens with zero attached hydrogens (tertiary/aromatic N) is 1. The van der Waals surface area contributed by atoms with E-state index in [4.69, 9.17) is 0 Å². The van der Waals surface area contributed by atoms with Gasteiger partial charge in [0.1, 0.15) is 5.82 Å². The van der Waals surface area contributed by atoms with Crippen LogP contribution in [0.25, 0.3) is 0 Å². The summed E-state index contributed by atoms with van der Waals surface area (Å²) in [4.78, 5) is 2.19. The van der Waals surface area contributed by atoms with Gasteiger partial charge in [-0.15, -0.1) is 0 Å². The summed E-state index contributed by atoms with van der Waals surface area (Å²) in [6, 6.07) is 16.7. The van der Waals surface area contributed by atoms with E-state index in [0.29, 0.717) is 13.1 Å². The Morgan fingerprint density at radius 3 is 2.10 bits per heavy atom. The molecule has 0 bridgehead atoms. The molecule has 112 valence electrons. The van der Waals surface area contributed by atoms with E-state index >= 15 is 0 Å². The summed E-state index contributed by atoms with van der Waals surface area (Å²) in [6.07, 6.45) is 0.392. The first kappa shape index (κ1) is 15.7. The first-order valence-electron chi connectivity index (χ1n) is 7.36. The lowest BCUT2D eigenvalue weighted by molar-refractivity contribution is 0.101. The molecular formula is C18H22FNO. The largest absolute Gasteiger partial charge is 0.392 e. The van der Waals surface area contributed by atoms with Crippen molar-refractivity contribution in [3.8, 4) is 0 Å². The molecule has 0 unspecified atom stereocenters. The van der Waals surface area contributed by atoms with Crippen LogP contribution in [-0.2, 0) is 13.1 Å². The number of aliphatic hydroxyl groups is 1. The number of hydrogen-bond donors (Lipinski definition) is 1. The molecule has 0 saturated carbocycles. The summed E-state index contributed by atoms with van der Waals surface area (Å²) in [5.41, 5.74) is 2.26. The van der Waals surface area contributed by atoms with Crippen molar-refractivity contribution in [3.05, 3.63) is 71.5 Å². The summed E-state index contributed by atoms with van der Waals surface area (Å²) in [6.45, 7) is 4.06. The van der Waals surface area contributed by atoms with Crippen LogP contribution in [0.5, 0.6) is 0 Å². The van der Waals surface area contributed by atoms with Crippen molar-refractivity contribution in [2.75, 3.05) is 6.54 Å². The zero-order valence-corrected chi connectivity index (χ0v) is 12.4. The van der Waals surface area contributed by atoms with E-state index < -0.39 is 0 Å². The molecule has 0 spiro atoms. The maximum Gasteiger partial charge on any atom is 0.123 e. The molecule has 0 fully saturated rings. The van der Waals surface area contributed by atoms with E-state index in [1.165, 1.54) is 17.7 Å². The number of halogens is 1. The van der Waals surface area contributed by atoms with Crippen LogP contribution in [0, 0.1) is 5.82 Å². The highest BCUT2D eigenvalue weighted by Gasteiger charge is 2.11. The van der Waals surface area contributed by atoms with Gasteiger partial charge in [-0.2, -0.15) is 0 Å². The van der Waals surface area contributed by atoms with Crippen LogP contribution in [0.2, 0.25) is 0 Å². The Bertz CT molecular complexity index is 527. The van der Waals surface area contributed by atoms with Crippen molar-refractivity contribution in [2.24, 2.45) is 0 Å². The van der Waals surface area contributed by atoms with Crippen LogP contribution in [0.4, 0.5) is 4.39 Å². The van der Waals surface area contributed by atoms with Crippen LogP contribution in [0.1, 0.15) is 24.5 Å². The summed E-state index contributed by atoms with van der Waals surface area (Å²) in [7, 11) is 0.